The zero-order chi connectivity index (χ0) is 15.4. The van der Waals surface area contributed by atoms with Crippen LogP contribution in [0.25, 0.3) is 0 Å². The van der Waals surface area contributed by atoms with E-state index in [1.165, 1.54) is 51.1 Å². The fourth-order valence-electron chi connectivity index (χ4n) is 3.96. The minimum absolute atomic E-state index is 0.651. The third kappa shape index (κ3) is 4.09. The van der Waals surface area contributed by atoms with E-state index >= 15 is 0 Å². The van der Waals surface area contributed by atoms with Crippen LogP contribution in [0.3, 0.4) is 0 Å². The molecule has 0 aromatic heterocycles. The molecule has 2 saturated heterocycles. The zero-order valence-electron chi connectivity index (χ0n) is 14.2. The first-order valence-corrected chi connectivity index (χ1v) is 8.95. The Morgan fingerprint density at radius 1 is 0.955 bits per heavy atom. The molecular weight excluding hydrogens is 270 g/mol. The predicted molar refractivity (Wildman–Crippen MR) is 92.9 cm³/mol. The minimum atomic E-state index is 0.651. The SMILES string of the molecule is CC1CN(CC2CCNCC2)C(C)CN1Cc1ccccc1. The summed E-state index contributed by atoms with van der Waals surface area (Å²) < 4.78 is 0. The standard InChI is InChI=1S/C19H31N3/c1-16-13-22(15-19-8-10-20-11-9-19)17(2)12-21(16)14-18-6-4-3-5-7-18/h3-7,16-17,19-20H,8-15H2,1-2H3. The van der Waals surface area contributed by atoms with Crippen LogP contribution in [0.5, 0.6) is 0 Å². The van der Waals surface area contributed by atoms with Crippen molar-refractivity contribution in [1.82, 2.24) is 15.1 Å². The maximum atomic E-state index is 3.48. The molecule has 2 aliphatic heterocycles. The molecule has 0 aliphatic carbocycles. The van der Waals surface area contributed by atoms with Gasteiger partial charge in [0, 0.05) is 38.3 Å². The number of benzene rings is 1. The summed E-state index contributed by atoms with van der Waals surface area (Å²) in [5.74, 6) is 0.900. The molecule has 2 aliphatic rings. The fourth-order valence-corrected chi connectivity index (χ4v) is 3.96. The highest BCUT2D eigenvalue weighted by molar-refractivity contribution is 5.14. The van der Waals surface area contributed by atoms with Crippen LogP contribution in [0.4, 0.5) is 0 Å². The van der Waals surface area contributed by atoms with Crippen LogP contribution in [0.1, 0.15) is 32.3 Å². The summed E-state index contributed by atoms with van der Waals surface area (Å²) in [5.41, 5.74) is 1.44. The molecule has 3 rings (SSSR count). The molecule has 0 amide bonds. The van der Waals surface area contributed by atoms with Crippen molar-refractivity contribution in [3.63, 3.8) is 0 Å². The maximum absolute atomic E-state index is 3.48. The van der Waals surface area contributed by atoms with Crippen LogP contribution in [0.2, 0.25) is 0 Å². The summed E-state index contributed by atoms with van der Waals surface area (Å²) in [6.45, 7) is 12.0. The van der Waals surface area contributed by atoms with Crippen molar-refractivity contribution in [1.29, 1.82) is 0 Å². The third-order valence-corrected chi connectivity index (χ3v) is 5.42. The summed E-state index contributed by atoms with van der Waals surface area (Å²) in [6, 6.07) is 12.2. The molecule has 0 bridgehead atoms. The number of rotatable bonds is 4. The van der Waals surface area contributed by atoms with Gasteiger partial charge in [0.1, 0.15) is 0 Å². The largest absolute Gasteiger partial charge is 0.317 e. The molecule has 2 heterocycles. The zero-order valence-corrected chi connectivity index (χ0v) is 14.2. The van der Waals surface area contributed by atoms with Crippen LogP contribution in [0.15, 0.2) is 30.3 Å². The lowest BCUT2D eigenvalue weighted by Crippen LogP contribution is -2.57. The summed E-state index contributed by atoms with van der Waals surface area (Å²) >= 11 is 0. The highest BCUT2D eigenvalue weighted by atomic mass is 15.3. The highest BCUT2D eigenvalue weighted by Crippen LogP contribution is 2.21. The second kappa shape index (κ2) is 7.58. The third-order valence-electron chi connectivity index (χ3n) is 5.42. The van der Waals surface area contributed by atoms with E-state index in [1.807, 2.05) is 0 Å². The summed E-state index contributed by atoms with van der Waals surface area (Å²) in [4.78, 5) is 5.39. The molecule has 122 valence electrons. The molecule has 1 N–H and O–H groups in total. The molecule has 0 radical (unpaired) electrons. The number of nitrogens with one attached hydrogen (secondary N) is 1. The molecule has 1 aromatic rings. The van der Waals surface area contributed by atoms with E-state index < -0.39 is 0 Å². The highest BCUT2D eigenvalue weighted by Gasteiger charge is 2.30. The second-order valence-electron chi connectivity index (χ2n) is 7.26. The number of nitrogens with zero attached hydrogens (tertiary/aromatic N) is 2. The number of hydrogen-bond donors (Lipinski definition) is 1. The molecule has 3 nitrogen and oxygen atoms in total. The summed E-state index contributed by atoms with van der Waals surface area (Å²) in [7, 11) is 0. The molecule has 0 spiro atoms. The van der Waals surface area contributed by atoms with Crippen LogP contribution in [-0.2, 0) is 6.54 Å². The Labute approximate surface area is 135 Å². The van der Waals surface area contributed by atoms with Gasteiger partial charge in [0.25, 0.3) is 0 Å². The van der Waals surface area contributed by atoms with E-state index in [0.29, 0.717) is 12.1 Å². The lowest BCUT2D eigenvalue weighted by Gasteiger charge is -2.45. The van der Waals surface area contributed by atoms with Gasteiger partial charge in [0.2, 0.25) is 0 Å². The monoisotopic (exact) mass is 301 g/mol. The van der Waals surface area contributed by atoms with Crippen molar-refractivity contribution in [3.8, 4) is 0 Å². The molecule has 3 heteroatoms. The maximum Gasteiger partial charge on any atom is 0.0237 e. The van der Waals surface area contributed by atoms with Gasteiger partial charge in [-0.2, -0.15) is 0 Å². The van der Waals surface area contributed by atoms with Crippen LogP contribution < -0.4 is 5.32 Å². The molecule has 2 atom stereocenters. The van der Waals surface area contributed by atoms with Crippen molar-refractivity contribution in [2.75, 3.05) is 32.7 Å². The van der Waals surface area contributed by atoms with Gasteiger partial charge in [-0.3, -0.25) is 9.80 Å². The Kier molecular flexibility index (Phi) is 5.51. The van der Waals surface area contributed by atoms with Gasteiger partial charge in [0.05, 0.1) is 0 Å². The normalized spacial score (nSPS) is 28.8. The van der Waals surface area contributed by atoms with Gasteiger partial charge in [-0.15, -0.1) is 0 Å². The fraction of sp³-hybridized carbons (Fsp3) is 0.684. The Morgan fingerprint density at radius 3 is 2.32 bits per heavy atom. The Bertz CT molecular complexity index is 441. The van der Waals surface area contributed by atoms with Crippen molar-refractivity contribution in [2.24, 2.45) is 5.92 Å². The first kappa shape index (κ1) is 16.0. The van der Waals surface area contributed by atoms with Crippen molar-refractivity contribution in [2.45, 2.75) is 45.3 Å². The van der Waals surface area contributed by atoms with Gasteiger partial charge in [0.15, 0.2) is 0 Å². The van der Waals surface area contributed by atoms with Gasteiger partial charge < -0.3 is 5.32 Å². The lowest BCUT2D eigenvalue weighted by atomic mass is 9.95. The summed E-state index contributed by atoms with van der Waals surface area (Å²) in [5, 5.41) is 3.48. The number of piperidine rings is 1. The Morgan fingerprint density at radius 2 is 1.59 bits per heavy atom. The summed E-state index contributed by atoms with van der Waals surface area (Å²) in [6.07, 6.45) is 2.71. The van der Waals surface area contributed by atoms with Crippen molar-refractivity contribution < 1.29 is 0 Å². The minimum Gasteiger partial charge on any atom is -0.317 e. The first-order valence-electron chi connectivity index (χ1n) is 8.95. The van der Waals surface area contributed by atoms with Crippen LogP contribution in [-0.4, -0.2) is 54.6 Å². The van der Waals surface area contributed by atoms with E-state index in [1.54, 1.807) is 0 Å². The van der Waals surface area contributed by atoms with Gasteiger partial charge in [-0.1, -0.05) is 30.3 Å². The molecule has 2 unspecified atom stereocenters. The van der Waals surface area contributed by atoms with Gasteiger partial charge >= 0.3 is 0 Å². The molecule has 0 saturated carbocycles. The van der Waals surface area contributed by atoms with Gasteiger partial charge in [-0.25, -0.2) is 0 Å². The Hall–Kier alpha value is -0.900. The average molecular weight is 301 g/mol. The van der Waals surface area contributed by atoms with Gasteiger partial charge in [-0.05, 0) is 51.3 Å². The van der Waals surface area contributed by atoms with E-state index in [2.05, 4.69) is 59.3 Å². The topological polar surface area (TPSA) is 18.5 Å². The van der Waals surface area contributed by atoms with Crippen molar-refractivity contribution in [3.05, 3.63) is 35.9 Å². The van der Waals surface area contributed by atoms with Crippen LogP contribution >= 0.6 is 0 Å². The number of hydrogen-bond acceptors (Lipinski definition) is 3. The van der Waals surface area contributed by atoms with E-state index in [-0.39, 0.29) is 0 Å². The Balaban J connectivity index is 1.54. The molecular formula is C19H31N3. The average Bonchev–Trinajstić information content (AvgIpc) is 2.54. The quantitative estimate of drug-likeness (QED) is 0.922. The molecule has 22 heavy (non-hydrogen) atoms. The second-order valence-corrected chi connectivity index (χ2v) is 7.26. The van der Waals surface area contributed by atoms with Crippen molar-refractivity contribution >= 4 is 0 Å². The molecule has 2 fully saturated rings. The lowest BCUT2D eigenvalue weighted by molar-refractivity contribution is 0.0254. The smallest absolute Gasteiger partial charge is 0.0237 e. The predicted octanol–water partition coefficient (Wildman–Crippen LogP) is 2.58. The first-order chi connectivity index (χ1) is 10.7. The van der Waals surface area contributed by atoms with E-state index in [4.69, 9.17) is 0 Å². The number of piperazine rings is 1. The van der Waals surface area contributed by atoms with E-state index in [0.717, 1.165) is 12.5 Å². The van der Waals surface area contributed by atoms with E-state index in [9.17, 15) is 0 Å². The molecule has 1 aromatic carbocycles. The van der Waals surface area contributed by atoms with Crippen LogP contribution in [0, 0.1) is 5.92 Å².